The number of ether oxygens (including phenoxy) is 3. The maximum atomic E-state index is 14.0. The lowest BCUT2D eigenvalue weighted by Gasteiger charge is -2.51. The van der Waals surface area contributed by atoms with Gasteiger partial charge in [-0.1, -0.05) is 0 Å². The zero-order valence-corrected chi connectivity index (χ0v) is 11.4. The van der Waals surface area contributed by atoms with Crippen molar-refractivity contribution in [1.82, 2.24) is 0 Å². The molecule has 3 rings (SSSR count). The minimum atomic E-state index is -1.64. The van der Waals surface area contributed by atoms with Crippen LogP contribution in [-0.4, -0.2) is 38.9 Å². The van der Waals surface area contributed by atoms with Crippen molar-refractivity contribution in [3.63, 3.8) is 0 Å². The number of hydrogen-bond acceptors (Lipinski definition) is 5. The van der Waals surface area contributed by atoms with Crippen molar-refractivity contribution in [2.45, 2.75) is 19.1 Å². The molecular weight excluding hydrogens is 255 g/mol. The zero-order valence-electron chi connectivity index (χ0n) is 11.4. The van der Waals surface area contributed by atoms with E-state index < -0.39 is 40.6 Å². The number of Topliss-reactive ketones (excluding diaryl/α,β-unsaturated/α-hetero) is 1. The molecule has 3 aliphatic carbocycles. The molecule has 19 heavy (non-hydrogen) atoms. The lowest BCUT2D eigenvalue weighted by atomic mass is 9.56. The van der Waals surface area contributed by atoms with Crippen molar-refractivity contribution in [2.75, 3.05) is 21.3 Å². The molecule has 0 N–H and O–H groups in total. The Morgan fingerprint density at radius 3 is 2.42 bits per heavy atom. The van der Waals surface area contributed by atoms with Crippen LogP contribution in [0, 0.1) is 17.3 Å². The Labute approximate surface area is 110 Å². The molecule has 3 aliphatic rings. The van der Waals surface area contributed by atoms with Crippen molar-refractivity contribution in [3.05, 3.63) is 11.9 Å². The minimum absolute atomic E-state index is 0.111. The Morgan fingerprint density at radius 1 is 1.37 bits per heavy atom. The quantitative estimate of drug-likeness (QED) is 0.571. The Kier molecular flexibility index (Phi) is 3.26. The molecule has 6 heteroatoms. The van der Waals surface area contributed by atoms with E-state index in [0.717, 1.165) is 0 Å². The molecule has 0 heterocycles. The van der Waals surface area contributed by atoms with E-state index >= 15 is 0 Å². The third-order valence-electron chi connectivity index (χ3n) is 4.32. The fraction of sp³-hybridized carbons (Fsp3) is 0.692. The predicted octanol–water partition coefficient (Wildman–Crippen LogP) is 1.23. The number of carbonyl (C=O) groups excluding carboxylic acids is 2. The van der Waals surface area contributed by atoms with Crippen molar-refractivity contribution < 1.29 is 28.2 Å². The number of ketones is 1. The van der Waals surface area contributed by atoms with Crippen LogP contribution < -0.4 is 0 Å². The van der Waals surface area contributed by atoms with E-state index in [1.807, 2.05) is 0 Å². The van der Waals surface area contributed by atoms with Crippen LogP contribution in [0.3, 0.4) is 0 Å². The molecule has 106 valence electrons. The van der Waals surface area contributed by atoms with Gasteiger partial charge < -0.3 is 14.2 Å². The smallest absolute Gasteiger partial charge is 0.312 e. The second-order valence-electron chi connectivity index (χ2n) is 5.13. The van der Waals surface area contributed by atoms with Gasteiger partial charge in [0.2, 0.25) is 11.6 Å². The van der Waals surface area contributed by atoms with Gasteiger partial charge in [-0.2, -0.15) is 0 Å². The molecule has 0 saturated heterocycles. The molecular formula is C13H17FO5. The summed E-state index contributed by atoms with van der Waals surface area (Å²) >= 11 is 0. The maximum absolute atomic E-state index is 14.0. The van der Waals surface area contributed by atoms with Crippen LogP contribution in [0.4, 0.5) is 4.39 Å². The summed E-state index contributed by atoms with van der Waals surface area (Å²) in [4.78, 5) is 24.4. The summed E-state index contributed by atoms with van der Waals surface area (Å²) in [5.74, 6) is -4.95. The normalized spacial score (nSPS) is 36.1. The van der Waals surface area contributed by atoms with Crippen molar-refractivity contribution in [3.8, 4) is 0 Å². The zero-order chi connectivity index (χ0) is 14.4. The fourth-order valence-corrected chi connectivity index (χ4v) is 3.19. The monoisotopic (exact) mass is 272 g/mol. The molecule has 0 aromatic heterocycles. The molecule has 1 saturated carbocycles. The first-order chi connectivity index (χ1) is 8.87. The summed E-state index contributed by atoms with van der Waals surface area (Å²) in [6.07, 6.45) is 1.30. The molecule has 1 fully saturated rings. The van der Waals surface area contributed by atoms with Crippen LogP contribution in [0.5, 0.6) is 0 Å². The Hall–Kier alpha value is -1.27. The van der Waals surface area contributed by atoms with Gasteiger partial charge in [0.25, 0.3) is 0 Å². The number of hydrogen-bond donors (Lipinski definition) is 0. The molecule has 0 unspecified atom stereocenters. The van der Waals surface area contributed by atoms with Gasteiger partial charge in [0, 0.05) is 14.2 Å². The predicted molar refractivity (Wildman–Crippen MR) is 62.7 cm³/mol. The SMILES string of the molecule is COC(=O)[C@@]1(C)C[C@H]2C(F)=C[C@@H]1C(=O)C2(OC)OC. The summed E-state index contributed by atoms with van der Waals surface area (Å²) in [7, 11) is 3.84. The molecule has 0 aromatic carbocycles. The van der Waals surface area contributed by atoms with Gasteiger partial charge in [-0.3, -0.25) is 9.59 Å². The maximum Gasteiger partial charge on any atom is 0.312 e. The molecule has 0 aliphatic heterocycles. The number of esters is 1. The highest BCUT2D eigenvalue weighted by Crippen LogP contribution is 2.55. The van der Waals surface area contributed by atoms with Crippen LogP contribution in [0.2, 0.25) is 0 Å². The molecule has 2 bridgehead atoms. The van der Waals surface area contributed by atoms with E-state index in [1.165, 1.54) is 27.4 Å². The van der Waals surface area contributed by atoms with Gasteiger partial charge in [-0.25, -0.2) is 4.39 Å². The third kappa shape index (κ3) is 1.59. The Balaban J connectivity index is 2.53. The molecule has 0 aromatic rings. The van der Waals surface area contributed by atoms with E-state index in [-0.39, 0.29) is 6.42 Å². The largest absolute Gasteiger partial charge is 0.469 e. The van der Waals surface area contributed by atoms with Crippen LogP contribution in [0.1, 0.15) is 13.3 Å². The molecule has 5 nitrogen and oxygen atoms in total. The topological polar surface area (TPSA) is 61.8 Å². The standard InChI is InChI=1S/C13H17FO5/c1-12(11(16)17-2)6-8-9(14)5-7(12)10(15)13(8,18-3)19-4/h5,7-8H,6H2,1-4H3/t7-,8+,12+/m1/s1. The number of allylic oxidation sites excluding steroid dienone is 1. The fourth-order valence-electron chi connectivity index (χ4n) is 3.19. The number of methoxy groups -OCH3 is 3. The number of halogens is 1. The summed E-state index contributed by atoms with van der Waals surface area (Å²) in [6, 6.07) is 0. The van der Waals surface area contributed by atoms with E-state index in [2.05, 4.69) is 0 Å². The highest BCUT2D eigenvalue weighted by atomic mass is 19.1. The first kappa shape index (κ1) is 14.1. The van der Waals surface area contributed by atoms with E-state index in [1.54, 1.807) is 6.92 Å². The summed E-state index contributed by atoms with van der Waals surface area (Å²) in [5.41, 5.74) is -1.08. The van der Waals surface area contributed by atoms with Gasteiger partial charge in [0.15, 0.2) is 0 Å². The van der Waals surface area contributed by atoms with Crippen LogP contribution >= 0.6 is 0 Å². The average molecular weight is 272 g/mol. The number of fused-ring (bicyclic) bond motifs is 2. The third-order valence-corrected chi connectivity index (χ3v) is 4.32. The van der Waals surface area contributed by atoms with E-state index in [9.17, 15) is 14.0 Å². The highest BCUT2D eigenvalue weighted by Gasteiger charge is 2.66. The molecule has 3 atom stereocenters. The Morgan fingerprint density at radius 2 is 1.95 bits per heavy atom. The summed E-state index contributed by atoms with van der Waals surface area (Å²) in [6.45, 7) is 1.60. The van der Waals surface area contributed by atoms with E-state index in [4.69, 9.17) is 14.2 Å². The van der Waals surface area contributed by atoms with E-state index in [0.29, 0.717) is 0 Å². The average Bonchev–Trinajstić information content (AvgIpc) is 2.41. The second-order valence-corrected chi connectivity index (χ2v) is 5.13. The molecule has 0 amide bonds. The Bertz CT molecular complexity index is 454. The van der Waals surface area contributed by atoms with Gasteiger partial charge in [0.1, 0.15) is 5.83 Å². The molecule has 0 spiro atoms. The van der Waals surface area contributed by atoms with Crippen molar-refractivity contribution >= 4 is 11.8 Å². The summed E-state index contributed by atoms with van der Waals surface area (Å²) < 4.78 is 29.1. The van der Waals surface area contributed by atoms with Crippen LogP contribution in [0.15, 0.2) is 11.9 Å². The number of carbonyl (C=O) groups is 2. The molecule has 0 radical (unpaired) electrons. The highest BCUT2D eigenvalue weighted by molar-refractivity contribution is 5.98. The summed E-state index contributed by atoms with van der Waals surface area (Å²) in [5, 5.41) is 0. The van der Waals surface area contributed by atoms with Gasteiger partial charge in [-0.15, -0.1) is 0 Å². The first-order valence-electron chi connectivity index (χ1n) is 5.97. The first-order valence-corrected chi connectivity index (χ1v) is 5.97. The van der Waals surface area contributed by atoms with Gasteiger partial charge in [0.05, 0.1) is 24.4 Å². The second kappa shape index (κ2) is 4.38. The lowest BCUT2D eigenvalue weighted by Crippen LogP contribution is -2.64. The van der Waals surface area contributed by atoms with Gasteiger partial charge in [-0.05, 0) is 19.4 Å². The number of rotatable bonds is 3. The van der Waals surface area contributed by atoms with Crippen LogP contribution in [-0.2, 0) is 23.8 Å². The van der Waals surface area contributed by atoms with Gasteiger partial charge >= 0.3 is 5.97 Å². The minimum Gasteiger partial charge on any atom is -0.469 e. The lowest BCUT2D eigenvalue weighted by molar-refractivity contribution is -0.251. The van der Waals surface area contributed by atoms with Crippen molar-refractivity contribution in [2.24, 2.45) is 17.3 Å². The van der Waals surface area contributed by atoms with Crippen molar-refractivity contribution in [1.29, 1.82) is 0 Å². The van der Waals surface area contributed by atoms with Crippen LogP contribution in [0.25, 0.3) is 0 Å².